The molecule has 1 fully saturated rings. The second-order valence-corrected chi connectivity index (χ2v) is 8.91. The van der Waals surface area contributed by atoms with Crippen molar-refractivity contribution in [3.05, 3.63) is 92.5 Å². The lowest BCUT2D eigenvalue weighted by Crippen LogP contribution is -2.54. The third-order valence-electron chi connectivity index (χ3n) is 5.46. The summed E-state index contributed by atoms with van der Waals surface area (Å²) < 4.78 is 49.8. The van der Waals surface area contributed by atoms with Crippen LogP contribution in [-0.2, 0) is 15.8 Å². The molecule has 3 aromatic carbocycles. The number of nitrogens with one attached hydrogen (secondary N) is 1. The molecular weight excluding hydrogens is 575 g/mol. The molecule has 0 spiro atoms. The molecule has 1 saturated heterocycles. The van der Waals surface area contributed by atoms with Gasteiger partial charge < -0.3 is 9.47 Å². The fourth-order valence-corrected chi connectivity index (χ4v) is 4.18. The topological polar surface area (TPSA) is 111 Å². The molecule has 1 N–H and O–H groups in total. The lowest BCUT2D eigenvalue weighted by Gasteiger charge is -2.29. The normalized spacial score (nSPS) is 14.8. The minimum atomic E-state index is -4.79. The van der Waals surface area contributed by atoms with Crippen LogP contribution in [0.3, 0.4) is 0 Å². The van der Waals surface area contributed by atoms with Crippen LogP contribution in [0.4, 0.5) is 24.5 Å². The summed E-state index contributed by atoms with van der Waals surface area (Å²) in [6.45, 7) is 2.20. The number of carbonyl (C=O) groups is 2. The molecule has 0 aliphatic carbocycles. The van der Waals surface area contributed by atoms with E-state index < -0.39 is 39.9 Å². The molecule has 1 heterocycles. The van der Waals surface area contributed by atoms with Crippen molar-refractivity contribution in [2.75, 3.05) is 11.5 Å². The standard InChI is InChI=1S/C26H17ClF3N3O6S/c1-2-38-17-5-3-4-16(13-17)32-24(35)18(23(34)31-25(32)40)10-14-6-8-21(19(27)11-14)39-22-9-7-15(26(28,29)30)12-20(22)33(36)37/h3-13H,2H2,1H3,(H,31,34,40)/b18-10+. The van der Waals surface area contributed by atoms with E-state index in [-0.39, 0.29) is 27.0 Å². The number of nitrogens with zero attached hydrogens (tertiary/aromatic N) is 2. The number of hydrogen-bond acceptors (Lipinski definition) is 7. The average Bonchev–Trinajstić information content (AvgIpc) is 2.88. The largest absolute Gasteiger partial charge is 0.494 e. The van der Waals surface area contributed by atoms with Crippen LogP contribution in [0.2, 0.25) is 5.02 Å². The van der Waals surface area contributed by atoms with E-state index in [0.717, 1.165) is 11.0 Å². The number of thiocarbonyl (C=S) groups is 1. The third kappa shape index (κ3) is 6.05. The van der Waals surface area contributed by atoms with Crippen LogP contribution in [0.25, 0.3) is 6.08 Å². The minimum Gasteiger partial charge on any atom is -0.494 e. The maximum Gasteiger partial charge on any atom is 0.416 e. The zero-order valence-electron chi connectivity index (χ0n) is 20.3. The summed E-state index contributed by atoms with van der Waals surface area (Å²) in [5.41, 5.74) is -1.74. The highest BCUT2D eigenvalue weighted by Gasteiger charge is 2.35. The smallest absolute Gasteiger partial charge is 0.416 e. The fourth-order valence-electron chi connectivity index (χ4n) is 3.67. The van der Waals surface area contributed by atoms with Gasteiger partial charge in [0.05, 0.1) is 27.8 Å². The predicted molar refractivity (Wildman–Crippen MR) is 143 cm³/mol. The van der Waals surface area contributed by atoms with E-state index in [1.54, 1.807) is 31.2 Å². The quantitative estimate of drug-likeness (QED) is 0.113. The van der Waals surface area contributed by atoms with E-state index in [2.05, 4.69) is 5.32 Å². The fraction of sp³-hybridized carbons (Fsp3) is 0.115. The number of alkyl halides is 3. The molecule has 0 atom stereocenters. The third-order valence-corrected chi connectivity index (χ3v) is 6.04. The predicted octanol–water partition coefficient (Wildman–Crippen LogP) is 6.29. The van der Waals surface area contributed by atoms with E-state index >= 15 is 0 Å². The first-order chi connectivity index (χ1) is 18.9. The summed E-state index contributed by atoms with van der Waals surface area (Å²) in [5, 5.41) is 13.6. The van der Waals surface area contributed by atoms with Crippen molar-refractivity contribution in [2.24, 2.45) is 0 Å². The number of carbonyl (C=O) groups excluding carboxylic acids is 2. The van der Waals surface area contributed by atoms with Crippen LogP contribution in [0.15, 0.2) is 66.2 Å². The minimum absolute atomic E-state index is 0.0935. The Balaban J connectivity index is 1.63. The van der Waals surface area contributed by atoms with Gasteiger partial charge in [-0.05, 0) is 67.2 Å². The van der Waals surface area contributed by atoms with Crippen LogP contribution in [0, 0.1) is 10.1 Å². The Hall–Kier alpha value is -4.49. The molecule has 0 saturated carbocycles. The number of nitro benzene ring substituents is 1. The van der Waals surface area contributed by atoms with E-state index in [4.69, 9.17) is 33.3 Å². The molecule has 0 bridgehead atoms. The molecule has 14 heteroatoms. The second kappa shape index (κ2) is 11.3. The van der Waals surface area contributed by atoms with Gasteiger partial charge >= 0.3 is 11.9 Å². The molecule has 3 aromatic rings. The van der Waals surface area contributed by atoms with Crippen LogP contribution < -0.4 is 19.7 Å². The molecule has 1 aliphatic heterocycles. The van der Waals surface area contributed by atoms with Gasteiger partial charge in [-0.2, -0.15) is 13.2 Å². The van der Waals surface area contributed by atoms with Gasteiger partial charge in [0.15, 0.2) is 5.11 Å². The van der Waals surface area contributed by atoms with Gasteiger partial charge in [-0.1, -0.05) is 23.7 Å². The summed E-state index contributed by atoms with van der Waals surface area (Å²) in [6.07, 6.45) is -3.53. The molecular formula is C26H17ClF3N3O6S. The molecule has 0 aromatic heterocycles. The first-order valence-corrected chi connectivity index (χ1v) is 12.1. The van der Waals surface area contributed by atoms with Crippen molar-refractivity contribution < 1.29 is 37.2 Å². The molecule has 1 aliphatic rings. The highest BCUT2D eigenvalue weighted by molar-refractivity contribution is 7.80. The molecule has 2 amide bonds. The van der Waals surface area contributed by atoms with Crippen LogP contribution >= 0.6 is 23.8 Å². The van der Waals surface area contributed by atoms with Crippen molar-refractivity contribution in [3.8, 4) is 17.2 Å². The second-order valence-electron chi connectivity index (χ2n) is 8.12. The molecule has 0 unspecified atom stereocenters. The van der Waals surface area contributed by atoms with E-state index in [0.29, 0.717) is 30.2 Å². The Kier molecular flexibility index (Phi) is 8.07. The Labute approximate surface area is 234 Å². The molecule has 206 valence electrons. The van der Waals surface area contributed by atoms with Crippen molar-refractivity contribution in [2.45, 2.75) is 13.1 Å². The number of amides is 2. The van der Waals surface area contributed by atoms with Gasteiger partial charge in [-0.3, -0.25) is 29.9 Å². The Morgan fingerprint density at radius 2 is 1.82 bits per heavy atom. The number of hydrogen-bond donors (Lipinski definition) is 1. The van der Waals surface area contributed by atoms with E-state index in [1.807, 2.05) is 0 Å². The maximum atomic E-state index is 13.3. The maximum absolute atomic E-state index is 13.3. The zero-order chi connectivity index (χ0) is 29.2. The summed E-state index contributed by atoms with van der Waals surface area (Å²) in [4.78, 5) is 37.4. The first kappa shape index (κ1) is 28.5. The van der Waals surface area contributed by atoms with Crippen LogP contribution in [0.5, 0.6) is 17.2 Å². The summed E-state index contributed by atoms with van der Waals surface area (Å²) >= 11 is 11.5. The van der Waals surface area contributed by atoms with Gasteiger partial charge in [0, 0.05) is 12.1 Å². The summed E-state index contributed by atoms with van der Waals surface area (Å²) in [7, 11) is 0. The van der Waals surface area contributed by atoms with Crippen molar-refractivity contribution in [1.29, 1.82) is 0 Å². The number of ether oxygens (including phenoxy) is 2. The highest BCUT2D eigenvalue weighted by atomic mass is 35.5. The van der Waals surface area contributed by atoms with Gasteiger partial charge in [-0.15, -0.1) is 0 Å². The van der Waals surface area contributed by atoms with Gasteiger partial charge in [-0.25, -0.2) is 0 Å². The number of anilines is 1. The number of nitro groups is 1. The lowest BCUT2D eigenvalue weighted by molar-refractivity contribution is -0.385. The Morgan fingerprint density at radius 1 is 1.10 bits per heavy atom. The molecule has 0 radical (unpaired) electrons. The molecule has 9 nitrogen and oxygen atoms in total. The van der Waals surface area contributed by atoms with Gasteiger partial charge in [0.25, 0.3) is 11.8 Å². The summed E-state index contributed by atoms with van der Waals surface area (Å²) in [5.74, 6) is -1.54. The van der Waals surface area contributed by atoms with Crippen molar-refractivity contribution in [3.63, 3.8) is 0 Å². The van der Waals surface area contributed by atoms with E-state index in [1.165, 1.54) is 24.3 Å². The number of benzene rings is 3. The monoisotopic (exact) mass is 591 g/mol. The van der Waals surface area contributed by atoms with Crippen molar-refractivity contribution in [1.82, 2.24) is 5.32 Å². The van der Waals surface area contributed by atoms with Crippen molar-refractivity contribution >= 4 is 58.2 Å². The molecule has 4 rings (SSSR count). The Morgan fingerprint density at radius 3 is 2.48 bits per heavy atom. The SMILES string of the molecule is CCOc1cccc(N2C(=O)/C(=C/c3ccc(Oc4ccc(C(F)(F)F)cc4[N+](=O)[O-])c(Cl)c3)C(=O)NC2=S)c1. The molecule has 40 heavy (non-hydrogen) atoms. The number of halogens is 4. The van der Waals surface area contributed by atoms with E-state index in [9.17, 15) is 32.9 Å². The first-order valence-electron chi connectivity index (χ1n) is 11.4. The highest BCUT2D eigenvalue weighted by Crippen LogP contribution is 2.39. The van der Waals surface area contributed by atoms with Gasteiger partial charge in [0.1, 0.15) is 17.1 Å². The number of rotatable bonds is 7. The zero-order valence-corrected chi connectivity index (χ0v) is 21.9. The average molecular weight is 592 g/mol. The Bertz CT molecular complexity index is 1580. The lowest BCUT2D eigenvalue weighted by atomic mass is 10.1. The van der Waals surface area contributed by atoms with Crippen LogP contribution in [-0.4, -0.2) is 28.5 Å². The van der Waals surface area contributed by atoms with Crippen LogP contribution in [0.1, 0.15) is 18.1 Å². The van der Waals surface area contributed by atoms with Gasteiger partial charge in [0.2, 0.25) is 5.75 Å². The summed E-state index contributed by atoms with van der Waals surface area (Å²) in [6, 6.07) is 12.4.